The Bertz CT molecular complexity index is 1490. The second kappa shape index (κ2) is 9.46. The number of hydrogen-bond acceptors (Lipinski definition) is 7. The van der Waals surface area contributed by atoms with E-state index in [1.165, 1.54) is 42.5 Å². The third kappa shape index (κ3) is 5.10. The van der Waals surface area contributed by atoms with Crippen LogP contribution in [0.2, 0.25) is 10.0 Å². The van der Waals surface area contributed by atoms with E-state index in [-0.39, 0.29) is 32.3 Å². The molecule has 35 heavy (non-hydrogen) atoms. The minimum atomic E-state index is -3.97. The van der Waals surface area contributed by atoms with Crippen molar-refractivity contribution in [1.29, 1.82) is 0 Å². The van der Waals surface area contributed by atoms with E-state index in [1.54, 1.807) is 19.9 Å². The van der Waals surface area contributed by atoms with E-state index in [9.17, 15) is 18.0 Å². The number of halogens is 3. The Labute approximate surface area is 215 Å². The molecule has 0 aliphatic carbocycles. The average molecular weight is 553 g/mol. The first-order chi connectivity index (χ1) is 16.5. The van der Waals surface area contributed by atoms with Crippen molar-refractivity contribution >= 4 is 74.0 Å². The van der Waals surface area contributed by atoms with E-state index < -0.39 is 21.8 Å². The molecule has 1 aliphatic heterocycles. The summed E-state index contributed by atoms with van der Waals surface area (Å²) in [4.78, 5) is 34.5. The molecule has 2 aromatic carbocycles. The van der Waals surface area contributed by atoms with Crippen LogP contribution < -0.4 is 14.9 Å². The van der Waals surface area contributed by atoms with E-state index in [0.717, 1.165) is 4.90 Å². The molecular weight excluding hydrogens is 537 g/mol. The van der Waals surface area contributed by atoms with Crippen molar-refractivity contribution in [3.8, 4) is 0 Å². The molecule has 1 aliphatic rings. The molecule has 2 amide bonds. The van der Waals surface area contributed by atoms with Crippen molar-refractivity contribution in [3.05, 3.63) is 80.7 Å². The van der Waals surface area contributed by atoms with Crippen molar-refractivity contribution in [3.63, 3.8) is 0 Å². The average Bonchev–Trinajstić information content (AvgIpc) is 2.97. The van der Waals surface area contributed by atoms with E-state index in [0.29, 0.717) is 22.1 Å². The van der Waals surface area contributed by atoms with Crippen molar-refractivity contribution in [2.45, 2.75) is 18.7 Å². The number of carbonyl (C=O) groups excluding carboxylic acids is 2. The molecule has 9 nitrogen and oxygen atoms in total. The van der Waals surface area contributed by atoms with Crippen molar-refractivity contribution < 1.29 is 18.0 Å². The molecule has 0 saturated carbocycles. The predicted molar refractivity (Wildman–Crippen MR) is 134 cm³/mol. The fourth-order valence-corrected chi connectivity index (χ4v) is 4.95. The van der Waals surface area contributed by atoms with Crippen LogP contribution in [0.5, 0.6) is 0 Å². The molecule has 0 unspecified atom stereocenters. The van der Waals surface area contributed by atoms with Crippen molar-refractivity contribution in [2.75, 3.05) is 14.9 Å². The standard InChI is InChI=1S/C22H16Cl3N5O4S/c1-11-9-12(2)27-22(26-11)29-35(33,34)15-6-4-14(5-7-15)28-19-18(25)20(31)30(21(19)32)17-8-3-13(23)10-16(17)24/h3-10,28H,1-2H3,(H,26,27,29). The maximum Gasteiger partial charge on any atom is 0.283 e. The Morgan fingerprint density at radius 1 is 0.857 bits per heavy atom. The smallest absolute Gasteiger partial charge is 0.283 e. The van der Waals surface area contributed by atoms with Gasteiger partial charge in [0.15, 0.2) is 0 Å². The van der Waals surface area contributed by atoms with Gasteiger partial charge in [0, 0.05) is 22.1 Å². The van der Waals surface area contributed by atoms with E-state index >= 15 is 0 Å². The van der Waals surface area contributed by atoms with Crippen LogP contribution in [0.3, 0.4) is 0 Å². The number of imide groups is 1. The summed E-state index contributed by atoms with van der Waals surface area (Å²) >= 11 is 18.2. The van der Waals surface area contributed by atoms with Gasteiger partial charge in [-0.1, -0.05) is 34.8 Å². The summed E-state index contributed by atoms with van der Waals surface area (Å²) in [5, 5.41) is 2.86. The molecule has 0 spiro atoms. The molecule has 4 rings (SSSR count). The summed E-state index contributed by atoms with van der Waals surface area (Å²) in [7, 11) is -3.97. The number of sulfonamides is 1. The van der Waals surface area contributed by atoms with Crippen LogP contribution in [0, 0.1) is 13.8 Å². The lowest BCUT2D eigenvalue weighted by molar-refractivity contribution is -0.120. The number of nitrogens with one attached hydrogen (secondary N) is 2. The third-order valence-corrected chi connectivity index (χ3v) is 7.05. The lowest BCUT2D eigenvalue weighted by Crippen LogP contribution is -2.32. The molecule has 0 fully saturated rings. The molecule has 13 heteroatoms. The number of nitrogens with zero attached hydrogens (tertiary/aromatic N) is 3. The summed E-state index contributed by atoms with van der Waals surface area (Å²) in [6.45, 7) is 3.45. The SMILES string of the molecule is Cc1cc(C)nc(NS(=O)(=O)c2ccc(NC3=C(Cl)C(=O)N(c4ccc(Cl)cc4Cl)C3=O)cc2)n1. The zero-order valence-electron chi connectivity index (χ0n) is 18.1. The quantitative estimate of drug-likeness (QED) is 0.427. The summed E-state index contributed by atoms with van der Waals surface area (Å²) in [5.74, 6) is -1.53. The first kappa shape index (κ1) is 24.9. The Morgan fingerprint density at radius 3 is 2.09 bits per heavy atom. The zero-order valence-corrected chi connectivity index (χ0v) is 21.2. The predicted octanol–water partition coefficient (Wildman–Crippen LogP) is 4.64. The van der Waals surface area contributed by atoms with Crippen LogP contribution in [-0.2, 0) is 19.6 Å². The lowest BCUT2D eigenvalue weighted by atomic mass is 10.3. The number of aromatic nitrogens is 2. The van der Waals surface area contributed by atoms with E-state index in [2.05, 4.69) is 20.0 Å². The summed E-state index contributed by atoms with van der Waals surface area (Å²) in [6, 6.07) is 11.5. The van der Waals surface area contributed by atoms with Gasteiger partial charge in [0.1, 0.15) is 10.7 Å². The van der Waals surface area contributed by atoms with E-state index in [1.807, 2.05) is 0 Å². The van der Waals surface area contributed by atoms with Crippen molar-refractivity contribution in [2.24, 2.45) is 0 Å². The number of amides is 2. The van der Waals surface area contributed by atoms with Gasteiger partial charge in [-0.3, -0.25) is 9.59 Å². The highest BCUT2D eigenvalue weighted by Crippen LogP contribution is 2.35. The maximum absolute atomic E-state index is 12.9. The molecule has 180 valence electrons. The number of hydrogen-bond donors (Lipinski definition) is 2. The minimum absolute atomic E-state index is 0.0438. The van der Waals surface area contributed by atoms with Crippen LogP contribution in [0.4, 0.5) is 17.3 Å². The number of rotatable bonds is 6. The molecule has 3 aromatic rings. The topological polar surface area (TPSA) is 121 Å². The molecule has 2 heterocycles. The first-order valence-electron chi connectivity index (χ1n) is 9.92. The largest absolute Gasteiger partial charge is 0.350 e. The Morgan fingerprint density at radius 2 is 1.49 bits per heavy atom. The second-order valence-corrected chi connectivity index (χ2v) is 10.4. The van der Waals surface area contributed by atoms with Gasteiger partial charge in [0.25, 0.3) is 21.8 Å². The zero-order chi connectivity index (χ0) is 25.5. The highest BCUT2D eigenvalue weighted by atomic mass is 35.5. The highest BCUT2D eigenvalue weighted by molar-refractivity contribution is 7.92. The van der Waals surface area contributed by atoms with E-state index in [4.69, 9.17) is 34.8 Å². The molecule has 2 N–H and O–H groups in total. The van der Waals surface area contributed by atoms with Gasteiger partial charge in [-0.25, -0.2) is 28.0 Å². The number of aryl methyl sites for hydroxylation is 2. The van der Waals surface area contributed by atoms with Gasteiger partial charge in [0.2, 0.25) is 5.95 Å². The maximum atomic E-state index is 12.9. The van der Waals surface area contributed by atoms with Gasteiger partial charge < -0.3 is 5.32 Å². The first-order valence-corrected chi connectivity index (χ1v) is 12.5. The Balaban J connectivity index is 1.54. The molecular formula is C22H16Cl3N5O4S. The highest BCUT2D eigenvalue weighted by Gasteiger charge is 2.39. The van der Waals surface area contributed by atoms with Crippen LogP contribution in [0.15, 0.2) is 64.2 Å². The summed E-state index contributed by atoms with van der Waals surface area (Å²) in [5.41, 5.74) is 1.50. The van der Waals surface area contributed by atoms with Gasteiger partial charge in [-0.2, -0.15) is 0 Å². The van der Waals surface area contributed by atoms with Crippen LogP contribution in [0.25, 0.3) is 0 Å². The summed E-state index contributed by atoms with van der Waals surface area (Å²) in [6.07, 6.45) is 0. The van der Waals surface area contributed by atoms with Gasteiger partial charge in [-0.05, 0) is 62.4 Å². The Hall–Kier alpha value is -3.18. The fraction of sp³-hybridized carbons (Fsp3) is 0.0909. The van der Waals surface area contributed by atoms with Gasteiger partial charge in [0.05, 0.1) is 15.6 Å². The molecule has 0 bridgehead atoms. The minimum Gasteiger partial charge on any atom is -0.350 e. The normalized spacial score (nSPS) is 14.0. The van der Waals surface area contributed by atoms with Crippen LogP contribution >= 0.6 is 34.8 Å². The number of benzene rings is 2. The second-order valence-electron chi connectivity index (χ2n) is 7.46. The van der Waals surface area contributed by atoms with Gasteiger partial charge in [-0.15, -0.1) is 0 Å². The van der Waals surface area contributed by atoms with Gasteiger partial charge >= 0.3 is 0 Å². The third-order valence-electron chi connectivity index (χ3n) is 4.82. The summed E-state index contributed by atoms with van der Waals surface area (Å²) < 4.78 is 27.8. The van der Waals surface area contributed by atoms with Crippen LogP contribution in [0.1, 0.15) is 11.4 Å². The molecule has 0 atom stereocenters. The molecule has 1 aromatic heterocycles. The monoisotopic (exact) mass is 551 g/mol. The number of anilines is 3. The lowest BCUT2D eigenvalue weighted by Gasteiger charge is -2.16. The fourth-order valence-electron chi connectivity index (χ4n) is 3.31. The Kier molecular flexibility index (Phi) is 6.74. The van der Waals surface area contributed by atoms with Crippen LogP contribution in [-0.4, -0.2) is 30.2 Å². The molecule has 0 radical (unpaired) electrons. The van der Waals surface area contributed by atoms with Crippen molar-refractivity contribution in [1.82, 2.24) is 9.97 Å². The number of carbonyl (C=O) groups is 2. The molecule has 0 saturated heterocycles.